The van der Waals surface area contributed by atoms with Gasteiger partial charge < -0.3 is 10.0 Å². The summed E-state index contributed by atoms with van der Waals surface area (Å²) in [7, 11) is 0. The SMILES string of the molecule is CCN(CC(=O)O)c1c(F)cc([N+](=O)[O-])c2cccnc12. The van der Waals surface area contributed by atoms with E-state index in [9.17, 15) is 19.3 Å². The van der Waals surface area contributed by atoms with Crippen LogP contribution in [-0.4, -0.2) is 34.1 Å². The first-order chi connectivity index (χ1) is 9.95. The molecule has 0 aliphatic rings. The molecule has 0 fully saturated rings. The third-order valence-corrected chi connectivity index (χ3v) is 3.02. The van der Waals surface area contributed by atoms with Crippen molar-refractivity contribution in [1.82, 2.24) is 4.98 Å². The Morgan fingerprint density at radius 3 is 2.86 bits per heavy atom. The summed E-state index contributed by atoms with van der Waals surface area (Å²) in [6.07, 6.45) is 1.38. The lowest BCUT2D eigenvalue weighted by atomic mass is 10.1. The standard InChI is InChI=1S/C13H12FN3O4/c1-2-16(7-11(18)19)13-9(14)6-10(17(20)21)8-4-3-5-15-12(8)13/h3-6H,2,7H2,1H3,(H,18,19). The van der Waals surface area contributed by atoms with Gasteiger partial charge in [-0.25, -0.2) is 4.39 Å². The van der Waals surface area contributed by atoms with Gasteiger partial charge in [-0.2, -0.15) is 0 Å². The Labute approximate surface area is 118 Å². The normalized spacial score (nSPS) is 10.6. The molecule has 21 heavy (non-hydrogen) atoms. The number of halogens is 1. The number of nitro groups is 1. The van der Waals surface area contributed by atoms with E-state index in [4.69, 9.17) is 5.11 Å². The van der Waals surface area contributed by atoms with E-state index in [1.165, 1.54) is 23.2 Å². The predicted octanol–water partition coefficient (Wildman–Crippen LogP) is 2.19. The zero-order chi connectivity index (χ0) is 15.6. The molecule has 0 aliphatic heterocycles. The number of hydrogen-bond donors (Lipinski definition) is 1. The van der Waals surface area contributed by atoms with E-state index in [1.807, 2.05) is 0 Å². The topological polar surface area (TPSA) is 96.6 Å². The van der Waals surface area contributed by atoms with Gasteiger partial charge in [-0.05, 0) is 19.1 Å². The highest BCUT2D eigenvalue weighted by Gasteiger charge is 2.23. The highest BCUT2D eigenvalue weighted by molar-refractivity contribution is 5.98. The van der Waals surface area contributed by atoms with E-state index in [0.29, 0.717) is 0 Å². The van der Waals surface area contributed by atoms with Crippen molar-refractivity contribution >= 4 is 28.2 Å². The molecule has 110 valence electrons. The minimum Gasteiger partial charge on any atom is -0.480 e. The van der Waals surface area contributed by atoms with Crippen molar-refractivity contribution in [3.63, 3.8) is 0 Å². The number of benzene rings is 1. The van der Waals surface area contributed by atoms with Gasteiger partial charge in [0.25, 0.3) is 5.69 Å². The number of anilines is 1. The number of aromatic nitrogens is 1. The van der Waals surface area contributed by atoms with Crippen LogP contribution in [0, 0.1) is 15.9 Å². The maximum Gasteiger partial charge on any atom is 0.323 e. The number of hydrogen-bond acceptors (Lipinski definition) is 5. The van der Waals surface area contributed by atoms with Gasteiger partial charge in [0.05, 0.1) is 16.4 Å². The van der Waals surface area contributed by atoms with Crippen LogP contribution in [0.2, 0.25) is 0 Å². The van der Waals surface area contributed by atoms with Gasteiger partial charge in [0.2, 0.25) is 0 Å². The van der Waals surface area contributed by atoms with Crippen molar-refractivity contribution in [1.29, 1.82) is 0 Å². The van der Waals surface area contributed by atoms with Crippen LogP contribution in [0.5, 0.6) is 0 Å². The first-order valence-corrected chi connectivity index (χ1v) is 6.14. The number of likely N-dealkylation sites (N-methyl/N-ethyl adjacent to an activating group) is 1. The third kappa shape index (κ3) is 2.73. The predicted molar refractivity (Wildman–Crippen MR) is 73.9 cm³/mol. The second-order valence-corrected chi connectivity index (χ2v) is 4.29. The molecule has 1 N–H and O–H groups in total. The largest absolute Gasteiger partial charge is 0.480 e. The number of carboxylic acids is 1. The van der Waals surface area contributed by atoms with Crippen LogP contribution in [0.25, 0.3) is 10.9 Å². The molecule has 1 heterocycles. The fourth-order valence-corrected chi connectivity index (χ4v) is 2.14. The summed E-state index contributed by atoms with van der Waals surface area (Å²) in [5, 5.41) is 20.1. The molecule has 0 unspecified atom stereocenters. The fraction of sp³-hybridized carbons (Fsp3) is 0.231. The van der Waals surface area contributed by atoms with Crippen LogP contribution in [0.4, 0.5) is 15.8 Å². The van der Waals surface area contributed by atoms with Gasteiger partial charge in [0.1, 0.15) is 17.7 Å². The number of aliphatic carboxylic acids is 1. The van der Waals surface area contributed by atoms with Gasteiger partial charge >= 0.3 is 5.97 Å². The van der Waals surface area contributed by atoms with Crippen molar-refractivity contribution in [3.8, 4) is 0 Å². The Balaban J connectivity index is 2.74. The van der Waals surface area contributed by atoms with Gasteiger partial charge in [0.15, 0.2) is 5.82 Å². The molecule has 7 nitrogen and oxygen atoms in total. The van der Waals surface area contributed by atoms with Crippen molar-refractivity contribution in [2.75, 3.05) is 18.0 Å². The fourth-order valence-electron chi connectivity index (χ4n) is 2.14. The summed E-state index contributed by atoms with van der Waals surface area (Å²) in [4.78, 5) is 26.4. The van der Waals surface area contributed by atoms with Crippen molar-refractivity contribution in [2.24, 2.45) is 0 Å². The molecule has 0 amide bonds. The monoisotopic (exact) mass is 293 g/mol. The highest BCUT2D eigenvalue weighted by Crippen LogP contribution is 2.34. The lowest BCUT2D eigenvalue weighted by Crippen LogP contribution is -2.30. The maximum absolute atomic E-state index is 14.2. The molecule has 0 saturated carbocycles. The second-order valence-electron chi connectivity index (χ2n) is 4.29. The quantitative estimate of drug-likeness (QED) is 0.670. The number of pyridine rings is 1. The van der Waals surface area contributed by atoms with Crippen molar-refractivity contribution < 1.29 is 19.2 Å². The van der Waals surface area contributed by atoms with Gasteiger partial charge in [0, 0.05) is 12.7 Å². The van der Waals surface area contributed by atoms with Gasteiger partial charge in [-0.1, -0.05) is 0 Å². The van der Waals surface area contributed by atoms with Crippen LogP contribution in [-0.2, 0) is 4.79 Å². The minimum atomic E-state index is -1.13. The Hall–Kier alpha value is -2.77. The molecule has 0 saturated heterocycles. The molecule has 0 radical (unpaired) electrons. The zero-order valence-corrected chi connectivity index (χ0v) is 11.1. The summed E-state index contributed by atoms with van der Waals surface area (Å²) in [6.45, 7) is 1.47. The summed E-state index contributed by atoms with van der Waals surface area (Å²) in [5.74, 6) is -1.99. The Morgan fingerprint density at radius 2 is 2.29 bits per heavy atom. The molecule has 0 bridgehead atoms. The average Bonchev–Trinajstić information content (AvgIpc) is 2.44. The van der Waals surface area contributed by atoms with Crippen LogP contribution in [0.3, 0.4) is 0 Å². The van der Waals surface area contributed by atoms with E-state index in [1.54, 1.807) is 6.92 Å². The number of carbonyl (C=O) groups is 1. The molecule has 0 spiro atoms. The summed E-state index contributed by atoms with van der Waals surface area (Å²) >= 11 is 0. The van der Waals surface area contributed by atoms with Crippen LogP contribution in [0.1, 0.15) is 6.92 Å². The molecular weight excluding hydrogens is 281 g/mol. The molecule has 0 aliphatic carbocycles. The molecule has 2 aromatic rings. The molecular formula is C13H12FN3O4. The molecule has 1 aromatic carbocycles. The Morgan fingerprint density at radius 1 is 1.57 bits per heavy atom. The number of rotatable bonds is 5. The number of non-ortho nitro benzene ring substituents is 1. The summed E-state index contributed by atoms with van der Waals surface area (Å²) < 4.78 is 14.2. The number of nitrogens with zero attached hydrogens (tertiary/aromatic N) is 3. The highest BCUT2D eigenvalue weighted by atomic mass is 19.1. The van der Waals surface area contributed by atoms with Crippen molar-refractivity contribution in [3.05, 3.63) is 40.3 Å². The van der Waals surface area contributed by atoms with E-state index >= 15 is 0 Å². The first-order valence-electron chi connectivity index (χ1n) is 6.14. The van der Waals surface area contributed by atoms with E-state index in [-0.39, 0.29) is 23.1 Å². The van der Waals surface area contributed by atoms with E-state index < -0.39 is 28.9 Å². The second kappa shape index (κ2) is 5.70. The Bertz CT molecular complexity index is 720. The first kappa shape index (κ1) is 14.6. The summed E-state index contributed by atoms with van der Waals surface area (Å²) in [5.41, 5.74) is -0.362. The van der Waals surface area contributed by atoms with Crippen LogP contribution < -0.4 is 4.90 Å². The number of nitro benzene ring substituents is 1. The average molecular weight is 293 g/mol. The zero-order valence-electron chi connectivity index (χ0n) is 11.1. The van der Waals surface area contributed by atoms with Gasteiger partial charge in [-0.15, -0.1) is 0 Å². The van der Waals surface area contributed by atoms with Gasteiger partial charge in [-0.3, -0.25) is 19.9 Å². The smallest absolute Gasteiger partial charge is 0.323 e. The van der Waals surface area contributed by atoms with Crippen LogP contribution >= 0.6 is 0 Å². The summed E-state index contributed by atoms with van der Waals surface area (Å²) in [6, 6.07) is 3.76. The Kier molecular flexibility index (Phi) is 3.97. The van der Waals surface area contributed by atoms with Crippen molar-refractivity contribution in [2.45, 2.75) is 6.92 Å². The van der Waals surface area contributed by atoms with E-state index in [0.717, 1.165) is 6.07 Å². The number of fused-ring (bicyclic) bond motifs is 1. The molecule has 2 rings (SSSR count). The van der Waals surface area contributed by atoms with Crippen LogP contribution in [0.15, 0.2) is 24.4 Å². The maximum atomic E-state index is 14.2. The molecule has 1 aromatic heterocycles. The van der Waals surface area contributed by atoms with E-state index in [2.05, 4.69) is 4.98 Å². The minimum absolute atomic E-state index is 0.0406. The molecule has 0 atom stereocenters. The number of carboxylic acid groups (broad SMARTS) is 1. The molecule has 8 heteroatoms. The third-order valence-electron chi connectivity index (χ3n) is 3.02. The lowest BCUT2D eigenvalue weighted by Gasteiger charge is -2.22. The lowest BCUT2D eigenvalue weighted by molar-refractivity contribution is -0.383.